The third-order valence-corrected chi connectivity index (χ3v) is 7.36. The van der Waals surface area contributed by atoms with E-state index in [-0.39, 0.29) is 36.4 Å². The lowest BCUT2D eigenvalue weighted by Crippen LogP contribution is -2.58. The molecule has 1 N–H and O–H groups in total. The maximum atomic E-state index is 9.24. The van der Waals surface area contributed by atoms with Gasteiger partial charge in [-0.05, 0) is 42.0 Å². The van der Waals surface area contributed by atoms with Crippen molar-refractivity contribution in [3.8, 4) is 6.07 Å². The molecule has 0 amide bonds. The van der Waals surface area contributed by atoms with Crippen LogP contribution in [-0.4, -0.2) is 35.2 Å². The molecule has 1 aromatic rings. The molecule has 0 saturated carbocycles. The number of allylic oxidation sites excluding steroid dienone is 8. The van der Waals surface area contributed by atoms with Gasteiger partial charge in [0.15, 0.2) is 0 Å². The lowest BCUT2D eigenvalue weighted by atomic mass is 9.89. The fourth-order valence-corrected chi connectivity index (χ4v) is 5.67. The second-order valence-electron chi connectivity index (χ2n) is 9.44. The molecule has 170 valence electrons. The Morgan fingerprint density at radius 2 is 1.62 bits per heavy atom. The first-order valence-corrected chi connectivity index (χ1v) is 12.3. The number of rotatable bonds is 3. The molecule has 4 heteroatoms. The van der Waals surface area contributed by atoms with Gasteiger partial charge in [0.05, 0.1) is 18.2 Å². The van der Waals surface area contributed by atoms with Crippen molar-refractivity contribution in [1.82, 2.24) is 10.2 Å². The van der Waals surface area contributed by atoms with E-state index in [9.17, 15) is 5.26 Å². The molecule has 1 saturated heterocycles. The summed E-state index contributed by atoms with van der Waals surface area (Å²) in [6, 6.07) is 11.6. The van der Waals surface area contributed by atoms with Crippen LogP contribution in [0.3, 0.4) is 0 Å². The highest BCUT2D eigenvalue weighted by atomic mass is 16.5. The minimum Gasteiger partial charge on any atom is -0.362 e. The number of morpholine rings is 1. The van der Waals surface area contributed by atoms with E-state index in [0.29, 0.717) is 0 Å². The Labute approximate surface area is 201 Å². The number of hydrogen-bond donors (Lipinski definition) is 1. The smallest absolute Gasteiger partial charge is 0.114 e. The molecule has 2 heterocycles. The first-order valence-electron chi connectivity index (χ1n) is 12.3. The third kappa shape index (κ3) is 3.92. The molecule has 5 aliphatic rings. The van der Waals surface area contributed by atoms with Crippen LogP contribution in [-0.2, 0) is 4.74 Å². The van der Waals surface area contributed by atoms with Gasteiger partial charge in [-0.2, -0.15) is 5.26 Å². The number of nitrogens with one attached hydrogen (secondary N) is 1. The Bertz CT molecular complexity index is 1160. The minimum atomic E-state index is -0.210. The molecule has 34 heavy (non-hydrogen) atoms. The highest BCUT2D eigenvalue weighted by Gasteiger charge is 2.41. The van der Waals surface area contributed by atoms with Gasteiger partial charge in [0.2, 0.25) is 0 Å². The fraction of sp³-hybridized carbons (Fsp3) is 0.300. The Balaban J connectivity index is 1.26. The van der Waals surface area contributed by atoms with E-state index in [0.717, 1.165) is 19.3 Å². The van der Waals surface area contributed by atoms with Gasteiger partial charge in [-0.25, -0.2) is 0 Å². The molecule has 3 aliphatic carbocycles. The van der Waals surface area contributed by atoms with Crippen LogP contribution in [0.4, 0.5) is 0 Å². The molecule has 1 aromatic carbocycles. The normalized spacial score (nSPS) is 33.6. The van der Waals surface area contributed by atoms with Gasteiger partial charge < -0.3 is 9.64 Å². The molecule has 0 radical (unpaired) electrons. The number of nitriles is 1. The zero-order chi connectivity index (χ0) is 22.9. The molecule has 6 atom stereocenters. The first-order chi connectivity index (χ1) is 16.8. The van der Waals surface area contributed by atoms with Crippen molar-refractivity contribution < 1.29 is 4.74 Å². The van der Waals surface area contributed by atoms with Crippen LogP contribution >= 0.6 is 0 Å². The van der Waals surface area contributed by atoms with Crippen molar-refractivity contribution in [2.24, 2.45) is 0 Å². The van der Waals surface area contributed by atoms with E-state index in [1.54, 1.807) is 0 Å². The lowest BCUT2D eigenvalue weighted by Gasteiger charge is -2.50. The molecule has 0 aromatic heterocycles. The summed E-state index contributed by atoms with van der Waals surface area (Å²) < 4.78 is 6.42. The second kappa shape index (κ2) is 9.10. The average Bonchev–Trinajstić information content (AvgIpc) is 2.92. The van der Waals surface area contributed by atoms with E-state index in [1.807, 2.05) is 6.08 Å². The van der Waals surface area contributed by atoms with E-state index < -0.39 is 0 Å². The van der Waals surface area contributed by atoms with Crippen molar-refractivity contribution in [2.45, 2.75) is 55.6 Å². The summed E-state index contributed by atoms with van der Waals surface area (Å²) in [6.45, 7) is 0. The van der Waals surface area contributed by atoms with Crippen LogP contribution < -0.4 is 5.32 Å². The third-order valence-electron chi connectivity index (χ3n) is 7.36. The Kier molecular flexibility index (Phi) is 5.66. The second-order valence-corrected chi connectivity index (χ2v) is 9.44. The summed E-state index contributed by atoms with van der Waals surface area (Å²) in [6.07, 6.45) is 29.3. The summed E-state index contributed by atoms with van der Waals surface area (Å²) in [4.78, 5) is 2.58. The minimum absolute atomic E-state index is 0.0752. The van der Waals surface area contributed by atoms with Crippen LogP contribution in [0, 0.1) is 11.3 Å². The van der Waals surface area contributed by atoms with Crippen LogP contribution in [0.1, 0.15) is 36.4 Å². The Hall–Kier alpha value is -3.39. The van der Waals surface area contributed by atoms with Crippen molar-refractivity contribution in [3.05, 3.63) is 114 Å². The molecule has 4 nitrogen and oxygen atoms in total. The van der Waals surface area contributed by atoms with E-state index in [4.69, 9.17) is 4.74 Å². The first kappa shape index (κ1) is 21.2. The van der Waals surface area contributed by atoms with Gasteiger partial charge in [-0.1, -0.05) is 91.1 Å². The monoisotopic (exact) mass is 447 g/mol. The van der Waals surface area contributed by atoms with Crippen LogP contribution in [0.5, 0.6) is 0 Å². The highest BCUT2D eigenvalue weighted by Crippen LogP contribution is 2.38. The summed E-state index contributed by atoms with van der Waals surface area (Å²) in [5.41, 5.74) is 5.13. The van der Waals surface area contributed by atoms with Gasteiger partial charge in [0.1, 0.15) is 18.2 Å². The predicted octanol–water partition coefficient (Wildman–Crippen LogP) is 5.29. The van der Waals surface area contributed by atoms with Crippen LogP contribution in [0.25, 0.3) is 5.57 Å². The van der Waals surface area contributed by atoms with E-state index in [1.165, 1.54) is 22.4 Å². The molecule has 6 unspecified atom stereocenters. The van der Waals surface area contributed by atoms with Crippen LogP contribution in [0.15, 0.2) is 103 Å². The predicted molar refractivity (Wildman–Crippen MR) is 135 cm³/mol. The zero-order valence-electron chi connectivity index (χ0n) is 19.1. The number of fused-ring (bicyclic) bond motifs is 2. The average molecular weight is 448 g/mol. The van der Waals surface area contributed by atoms with Gasteiger partial charge in [0.25, 0.3) is 0 Å². The van der Waals surface area contributed by atoms with E-state index >= 15 is 0 Å². The highest BCUT2D eigenvalue weighted by molar-refractivity contribution is 5.75. The maximum Gasteiger partial charge on any atom is 0.114 e. The standard InChI is InChI=1S/C30H29N3O/c31-20-24-8-6-10-26(32-24)22-17-15-21(16-18-22)23-7-5-9-25(19-23)33-27-11-1-3-13-29(27)34-30-14-4-2-12-28(30)33/h1-4,6-8,11-19,24,26-30,32H,5,9-10H2. The Morgan fingerprint density at radius 3 is 2.32 bits per heavy atom. The fourth-order valence-electron chi connectivity index (χ4n) is 5.67. The van der Waals surface area contributed by atoms with Gasteiger partial charge >= 0.3 is 0 Å². The maximum absolute atomic E-state index is 9.24. The topological polar surface area (TPSA) is 48.3 Å². The largest absolute Gasteiger partial charge is 0.362 e. The lowest BCUT2D eigenvalue weighted by molar-refractivity contribution is -0.0782. The summed E-state index contributed by atoms with van der Waals surface area (Å²) in [7, 11) is 0. The molecule has 0 spiro atoms. The van der Waals surface area contributed by atoms with Gasteiger partial charge in [-0.3, -0.25) is 5.32 Å². The molecular weight excluding hydrogens is 418 g/mol. The molecular formula is C30H29N3O. The molecule has 1 fully saturated rings. The van der Waals surface area contributed by atoms with E-state index in [2.05, 4.69) is 107 Å². The SMILES string of the molecule is N#CC1C=CCC(c2ccc(C3=CCCC(N4C5C=CC=CC5OC5C=CC=CC54)=C3)cc2)N1. The van der Waals surface area contributed by atoms with Gasteiger partial charge in [0, 0.05) is 11.7 Å². The number of ether oxygens (including phenoxy) is 1. The summed E-state index contributed by atoms with van der Waals surface area (Å²) in [5, 5.41) is 12.6. The van der Waals surface area contributed by atoms with Crippen molar-refractivity contribution in [2.75, 3.05) is 0 Å². The van der Waals surface area contributed by atoms with Crippen molar-refractivity contribution in [1.29, 1.82) is 5.26 Å². The summed E-state index contributed by atoms with van der Waals surface area (Å²) in [5.74, 6) is 0. The van der Waals surface area contributed by atoms with Crippen molar-refractivity contribution >= 4 is 5.57 Å². The van der Waals surface area contributed by atoms with Crippen LogP contribution in [0.2, 0.25) is 0 Å². The quantitative estimate of drug-likeness (QED) is 0.640. The Morgan fingerprint density at radius 1 is 0.912 bits per heavy atom. The number of nitrogens with zero attached hydrogens (tertiary/aromatic N) is 2. The van der Waals surface area contributed by atoms with Crippen molar-refractivity contribution in [3.63, 3.8) is 0 Å². The molecule has 2 aliphatic heterocycles. The van der Waals surface area contributed by atoms with Gasteiger partial charge in [-0.15, -0.1) is 0 Å². The molecule has 0 bridgehead atoms. The zero-order valence-corrected chi connectivity index (χ0v) is 19.1. The number of benzene rings is 1. The number of hydrogen-bond acceptors (Lipinski definition) is 4. The molecule has 6 rings (SSSR count). The summed E-state index contributed by atoms with van der Waals surface area (Å²) >= 11 is 0.